The summed E-state index contributed by atoms with van der Waals surface area (Å²) in [5.41, 5.74) is 3.84. The van der Waals surface area contributed by atoms with Crippen LogP contribution < -0.4 is 5.32 Å². The number of rotatable bonds is 2. The molecule has 1 aliphatic rings. The normalized spacial score (nSPS) is 18.6. The van der Waals surface area contributed by atoms with Crippen molar-refractivity contribution in [2.24, 2.45) is 0 Å². The Balaban J connectivity index is 2.01. The Morgan fingerprint density at radius 2 is 2.05 bits per heavy atom. The molecule has 2 heterocycles. The topological polar surface area (TPSA) is 29.9 Å². The predicted octanol–water partition coefficient (Wildman–Crippen LogP) is 3.46. The highest BCUT2D eigenvalue weighted by Crippen LogP contribution is 2.29. The number of hydrogen-bond donors (Lipinski definition) is 1. The summed E-state index contributed by atoms with van der Waals surface area (Å²) in [5.74, 6) is 0. The molecule has 2 aromatic rings. The summed E-state index contributed by atoms with van der Waals surface area (Å²) in [4.78, 5) is 4.65. The summed E-state index contributed by atoms with van der Waals surface area (Å²) < 4.78 is 3.40. The van der Waals surface area contributed by atoms with Gasteiger partial charge in [-0.15, -0.1) is 0 Å². The molecule has 0 aliphatic carbocycles. The number of imidazole rings is 1. The van der Waals surface area contributed by atoms with E-state index in [9.17, 15) is 0 Å². The quantitative estimate of drug-likeness (QED) is 0.918. The Labute approximate surface area is 122 Å². The van der Waals surface area contributed by atoms with Crippen LogP contribution in [0.3, 0.4) is 0 Å². The van der Waals surface area contributed by atoms with Crippen LogP contribution in [0.2, 0.25) is 0 Å². The Bertz CT molecular complexity index is 572. The maximum Gasteiger partial charge on any atom is 0.0954 e. The number of aromatic nitrogens is 2. The lowest BCUT2D eigenvalue weighted by Crippen LogP contribution is -2.31. The first-order chi connectivity index (χ1) is 9.16. The van der Waals surface area contributed by atoms with Crippen molar-refractivity contribution in [2.75, 3.05) is 6.54 Å². The van der Waals surface area contributed by atoms with Crippen LogP contribution in [-0.2, 0) is 6.42 Å². The molecule has 0 saturated carbocycles. The van der Waals surface area contributed by atoms with E-state index in [1.807, 2.05) is 6.33 Å². The molecule has 1 unspecified atom stereocenters. The Morgan fingerprint density at radius 3 is 2.74 bits per heavy atom. The van der Waals surface area contributed by atoms with Crippen LogP contribution >= 0.6 is 15.9 Å². The van der Waals surface area contributed by atoms with Crippen molar-refractivity contribution >= 4 is 15.9 Å². The van der Waals surface area contributed by atoms with E-state index in [0.29, 0.717) is 6.04 Å². The smallest absolute Gasteiger partial charge is 0.0954 e. The molecule has 0 saturated heterocycles. The Hall–Kier alpha value is -1.13. The largest absolute Gasteiger partial charge is 0.332 e. The van der Waals surface area contributed by atoms with Crippen molar-refractivity contribution in [3.63, 3.8) is 0 Å². The summed E-state index contributed by atoms with van der Waals surface area (Å²) in [6.07, 6.45) is 3.04. The minimum absolute atomic E-state index is 0.219. The molecule has 1 aromatic carbocycles. The fourth-order valence-corrected chi connectivity index (χ4v) is 2.97. The Kier molecular flexibility index (Phi) is 3.46. The van der Waals surface area contributed by atoms with Gasteiger partial charge in [-0.2, -0.15) is 0 Å². The lowest BCUT2D eigenvalue weighted by atomic mass is 9.98. The van der Waals surface area contributed by atoms with Gasteiger partial charge >= 0.3 is 0 Å². The Morgan fingerprint density at radius 1 is 1.32 bits per heavy atom. The molecule has 19 heavy (non-hydrogen) atoms. The molecule has 0 amide bonds. The van der Waals surface area contributed by atoms with Gasteiger partial charge in [-0.25, -0.2) is 4.98 Å². The van der Waals surface area contributed by atoms with Crippen molar-refractivity contribution in [1.82, 2.24) is 14.9 Å². The summed E-state index contributed by atoms with van der Waals surface area (Å²) in [6, 6.07) is 9.18. The maximum atomic E-state index is 4.65. The number of halogens is 1. The molecular weight excluding hydrogens is 302 g/mol. The molecule has 3 nitrogen and oxygen atoms in total. The van der Waals surface area contributed by atoms with Gasteiger partial charge in [0.15, 0.2) is 0 Å². The highest BCUT2D eigenvalue weighted by atomic mass is 79.9. The molecular formula is C15H18BrN3. The molecule has 0 bridgehead atoms. The molecule has 1 N–H and O–H groups in total. The number of nitrogens with zero attached hydrogens (tertiary/aromatic N) is 2. The molecule has 4 heteroatoms. The molecule has 100 valence electrons. The van der Waals surface area contributed by atoms with E-state index in [-0.39, 0.29) is 6.04 Å². The summed E-state index contributed by atoms with van der Waals surface area (Å²) >= 11 is 3.48. The average molecular weight is 320 g/mol. The van der Waals surface area contributed by atoms with Crippen LogP contribution in [0.15, 0.2) is 35.1 Å². The van der Waals surface area contributed by atoms with Gasteiger partial charge in [-0.1, -0.05) is 28.1 Å². The molecule has 3 rings (SSSR count). The lowest BCUT2D eigenvalue weighted by molar-refractivity contribution is 0.513. The zero-order valence-electron chi connectivity index (χ0n) is 11.2. The van der Waals surface area contributed by atoms with Crippen molar-refractivity contribution in [2.45, 2.75) is 32.4 Å². The van der Waals surface area contributed by atoms with Crippen LogP contribution in [-0.4, -0.2) is 16.1 Å². The second-order valence-electron chi connectivity index (χ2n) is 5.27. The second kappa shape index (κ2) is 5.10. The monoisotopic (exact) mass is 319 g/mol. The maximum absolute atomic E-state index is 4.65. The third kappa shape index (κ3) is 2.35. The van der Waals surface area contributed by atoms with Crippen molar-refractivity contribution < 1.29 is 0 Å². The van der Waals surface area contributed by atoms with Crippen LogP contribution in [0.4, 0.5) is 0 Å². The van der Waals surface area contributed by atoms with Crippen molar-refractivity contribution in [3.8, 4) is 0 Å². The number of hydrogen-bond acceptors (Lipinski definition) is 2. The van der Waals surface area contributed by atoms with Gasteiger partial charge in [-0.05, 0) is 31.5 Å². The average Bonchev–Trinajstić information content (AvgIpc) is 2.83. The first-order valence-electron chi connectivity index (χ1n) is 6.71. The van der Waals surface area contributed by atoms with Gasteiger partial charge in [-0.3, -0.25) is 0 Å². The molecule has 1 aliphatic heterocycles. The lowest BCUT2D eigenvalue weighted by Gasteiger charge is -2.25. The van der Waals surface area contributed by atoms with Crippen LogP contribution in [0, 0.1) is 0 Å². The van der Waals surface area contributed by atoms with Crippen LogP contribution in [0.5, 0.6) is 0 Å². The van der Waals surface area contributed by atoms with E-state index >= 15 is 0 Å². The highest BCUT2D eigenvalue weighted by Gasteiger charge is 2.26. The minimum Gasteiger partial charge on any atom is -0.332 e. The summed E-state index contributed by atoms with van der Waals surface area (Å²) in [5, 5.41) is 3.57. The molecule has 0 fully saturated rings. The van der Waals surface area contributed by atoms with Crippen molar-refractivity contribution in [1.29, 1.82) is 0 Å². The van der Waals surface area contributed by atoms with E-state index < -0.39 is 0 Å². The van der Waals surface area contributed by atoms with Gasteiger partial charge in [0.05, 0.1) is 18.1 Å². The third-order valence-corrected chi connectivity index (χ3v) is 4.20. The number of nitrogens with one attached hydrogen (secondary N) is 1. The molecule has 0 radical (unpaired) electrons. The van der Waals surface area contributed by atoms with Gasteiger partial charge in [0.2, 0.25) is 0 Å². The van der Waals surface area contributed by atoms with Gasteiger partial charge in [0.1, 0.15) is 0 Å². The van der Waals surface area contributed by atoms with E-state index in [1.165, 1.54) is 17.0 Å². The number of benzene rings is 1. The second-order valence-corrected chi connectivity index (χ2v) is 6.18. The highest BCUT2D eigenvalue weighted by molar-refractivity contribution is 9.10. The zero-order chi connectivity index (χ0) is 13.4. The fourth-order valence-electron chi connectivity index (χ4n) is 2.71. The van der Waals surface area contributed by atoms with E-state index in [4.69, 9.17) is 0 Å². The summed E-state index contributed by atoms with van der Waals surface area (Å²) in [7, 11) is 0. The first kappa shape index (κ1) is 12.9. The van der Waals surface area contributed by atoms with Crippen molar-refractivity contribution in [3.05, 3.63) is 52.0 Å². The van der Waals surface area contributed by atoms with E-state index in [2.05, 4.69) is 68.9 Å². The minimum atomic E-state index is 0.219. The molecule has 0 spiro atoms. The predicted molar refractivity (Wildman–Crippen MR) is 80.3 cm³/mol. The zero-order valence-corrected chi connectivity index (χ0v) is 12.8. The standard InChI is InChI=1S/C15H18BrN3/c1-10(2)19-9-18-15-13(19)7-8-17-14(15)11-3-5-12(16)6-4-11/h3-6,9-10,14,17H,7-8H2,1-2H3. The van der Waals surface area contributed by atoms with Gasteiger partial charge in [0.25, 0.3) is 0 Å². The number of fused-ring (bicyclic) bond motifs is 1. The van der Waals surface area contributed by atoms with Gasteiger partial charge in [0, 0.05) is 29.2 Å². The fraction of sp³-hybridized carbons (Fsp3) is 0.400. The molecule has 1 aromatic heterocycles. The first-order valence-corrected chi connectivity index (χ1v) is 7.50. The van der Waals surface area contributed by atoms with Gasteiger partial charge < -0.3 is 9.88 Å². The SMILES string of the molecule is CC(C)n1cnc2c1CCNC2c1ccc(Br)cc1. The van der Waals surface area contributed by atoms with E-state index in [0.717, 1.165) is 17.4 Å². The van der Waals surface area contributed by atoms with Crippen LogP contribution in [0.1, 0.15) is 42.9 Å². The summed E-state index contributed by atoms with van der Waals surface area (Å²) in [6.45, 7) is 5.42. The van der Waals surface area contributed by atoms with E-state index in [1.54, 1.807) is 0 Å². The van der Waals surface area contributed by atoms with Crippen LogP contribution in [0.25, 0.3) is 0 Å². The molecule has 1 atom stereocenters. The third-order valence-electron chi connectivity index (χ3n) is 3.67.